The van der Waals surface area contributed by atoms with Crippen LogP contribution < -0.4 is 5.32 Å². The molecule has 2 unspecified atom stereocenters. The van der Waals surface area contributed by atoms with Crippen molar-refractivity contribution >= 4 is 0 Å². The second-order valence-electron chi connectivity index (χ2n) is 6.28. The molecule has 0 saturated heterocycles. The molecule has 0 amide bonds. The van der Waals surface area contributed by atoms with Crippen molar-refractivity contribution in [3.63, 3.8) is 0 Å². The summed E-state index contributed by atoms with van der Waals surface area (Å²) in [5.74, 6) is 2.33. The predicted molar refractivity (Wildman–Crippen MR) is 74.2 cm³/mol. The molecule has 0 aromatic rings. The maximum atomic E-state index is 5.48. The Labute approximate surface area is 108 Å². The fourth-order valence-electron chi connectivity index (χ4n) is 3.09. The van der Waals surface area contributed by atoms with E-state index in [2.05, 4.69) is 33.0 Å². The molecule has 0 aromatic heterocycles. The van der Waals surface area contributed by atoms with Gasteiger partial charge in [0.2, 0.25) is 0 Å². The molecule has 1 aliphatic rings. The van der Waals surface area contributed by atoms with Gasteiger partial charge in [0.15, 0.2) is 0 Å². The molecule has 0 bridgehead atoms. The Morgan fingerprint density at radius 1 is 1.12 bits per heavy atom. The lowest BCUT2D eigenvalue weighted by Gasteiger charge is -2.32. The Morgan fingerprint density at radius 2 is 1.76 bits per heavy atom. The van der Waals surface area contributed by atoms with Gasteiger partial charge < -0.3 is 10.1 Å². The van der Waals surface area contributed by atoms with E-state index in [0.29, 0.717) is 12.1 Å². The van der Waals surface area contributed by atoms with Crippen LogP contribution in [0.3, 0.4) is 0 Å². The van der Waals surface area contributed by atoms with Crippen molar-refractivity contribution in [1.82, 2.24) is 5.32 Å². The molecule has 17 heavy (non-hydrogen) atoms. The molecule has 0 aliphatic heterocycles. The Balaban J connectivity index is 2.33. The third kappa shape index (κ3) is 4.97. The van der Waals surface area contributed by atoms with Crippen molar-refractivity contribution in [3.05, 3.63) is 0 Å². The lowest BCUT2D eigenvalue weighted by molar-refractivity contribution is 0.0572. The average molecular weight is 241 g/mol. The second kappa shape index (κ2) is 7.38. The lowest BCUT2D eigenvalue weighted by atomic mass is 9.84. The van der Waals surface area contributed by atoms with Crippen molar-refractivity contribution in [3.8, 4) is 0 Å². The van der Waals surface area contributed by atoms with Gasteiger partial charge in [-0.2, -0.15) is 0 Å². The summed E-state index contributed by atoms with van der Waals surface area (Å²) < 4.78 is 5.48. The van der Waals surface area contributed by atoms with E-state index in [1.54, 1.807) is 0 Å². The fraction of sp³-hybridized carbons (Fsp3) is 1.00. The SMILES string of the molecule is COC1CCCC(NCC(C(C)C)C(C)C)C1. The minimum absolute atomic E-state index is 0.484. The summed E-state index contributed by atoms with van der Waals surface area (Å²) in [7, 11) is 1.85. The summed E-state index contributed by atoms with van der Waals surface area (Å²) in [6, 6.07) is 0.675. The van der Waals surface area contributed by atoms with Crippen LogP contribution in [-0.2, 0) is 4.74 Å². The second-order valence-corrected chi connectivity index (χ2v) is 6.28. The highest BCUT2D eigenvalue weighted by molar-refractivity contribution is 4.80. The third-order valence-electron chi connectivity index (χ3n) is 4.31. The van der Waals surface area contributed by atoms with Gasteiger partial charge in [-0.25, -0.2) is 0 Å². The highest BCUT2D eigenvalue weighted by Gasteiger charge is 2.23. The molecule has 0 spiro atoms. The molecule has 2 atom stereocenters. The molecule has 1 N–H and O–H groups in total. The van der Waals surface area contributed by atoms with Gasteiger partial charge in [0.25, 0.3) is 0 Å². The van der Waals surface area contributed by atoms with E-state index in [1.807, 2.05) is 7.11 Å². The highest BCUT2D eigenvalue weighted by Crippen LogP contribution is 2.23. The Bertz CT molecular complexity index is 195. The van der Waals surface area contributed by atoms with Crippen LogP contribution in [0.25, 0.3) is 0 Å². The van der Waals surface area contributed by atoms with E-state index in [9.17, 15) is 0 Å². The molecule has 2 heteroatoms. The summed E-state index contributed by atoms with van der Waals surface area (Å²) in [5.41, 5.74) is 0. The Morgan fingerprint density at radius 3 is 2.29 bits per heavy atom. The molecule has 1 fully saturated rings. The van der Waals surface area contributed by atoms with Crippen LogP contribution in [0.5, 0.6) is 0 Å². The maximum Gasteiger partial charge on any atom is 0.0586 e. The number of rotatable bonds is 6. The molecule has 0 heterocycles. The number of nitrogens with one attached hydrogen (secondary N) is 1. The van der Waals surface area contributed by atoms with E-state index in [4.69, 9.17) is 4.74 Å². The summed E-state index contributed by atoms with van der Waals surface area (Å²) in [6.07, 6.45) is 5.55. The van der Waals surface area contributed by atoms with Crippen LogP contribution in [0.15, 0.2) is 0 Å². The molecule has 1 saturated carbocycles. The van der Waals surface area contributed by atoms with Crippen LogP contribution >= 0.6 is 0 Å². The Kier molecular flexibility index (Phi) is 6.50. The van der Waals surface area contributed by atoms with Crippen molar-refractivity contribution in [2.75, 3.05) is 13.7 Å². The van der Waals surface area contributed by atoms with Gasteiger partial charge in [-0.1, -0.05) is 27.7 Å². The first kappa shape index (κ1) is 15.0. The third-order valence-corrected chi connectivity index (χ3v) is 4.31. The van der Waals surface area contributed by atoms with Crippen LogP contribution in [0, 0.1) is 17.8 Å². The zero-order valence-corrected chi connectivity index (χ0v) is 12.3. The summed E-state index contributed by atoms with van der Waals surface area (Å²) in [5, 5.41) is 3.77. The normalized spacial score (nSPS) is 26.1. The number of hydrogen-bond acceptors (Lipinski definition) is 2. The van der Waals surface area contributed by atoms with E-state index < -0.39 is 0 Å². The van der Waals surface area contributed by atoms with Gasteiger partial charge in [-0.3, -0.25) is 0 Å². The Hall–Kier alpha value is -0.0800. The van der Waals surface area contributed by atoms with Crippen LogP contribution in [0.1, 0.15) is 53.4 Å². The fourth-order valence-corrected chi connectivity index (χ4v) is 3.09. The number of methoxy groups -OCH3 is 1. The standard InChI is InChI=1S/C15H31NO/c1-11(2)15(12(3)4)10-16-13-7-6-8-14(9-13)17-5/h11-16H,6-10H2,1-5H3. The van der Waals surface area contributed by atoms with Crippen molar-refractivity contribution in [2.45, 2.75) is 65.5 Å². The molecular formula is C15H31NO. The van der Waals surface area contributed by atoms with Crippen molar-refractivity contribution in [1.29, 1.82) is 0 Å². The minimum Gasteiger partial charge on any atom is -0.381 e. The van der Waals surface area contributed by atoms with Gasteiger partial charge in [0.05, 0.1) is 6.10 Å². The number of hydrogen-bond donors (Lipinski definition) is 1. The lowest BCUT2D eigenvalue weighted by Crippen LogP contribution is -2.41. The summed E-state index contributed by atoms with van der Waals surface area (Å²) in [6.45, 7) is 10.5. The zero-order valence-electron chi connectivity index (χ0n) is 12.3. The molecule has 1 aliphatic carbocycles. The van der Waals surface area contributed by atoms with Crippen LogP contribution in [0.4, 0.5) is 0 Å². The van der Waals surface area contributed by atoms with Gasteiger partial charge >= 0.3 is 0 Å². The van der Waals surface area contributed by atoms with Gasteiger partial charge in [0, 0.05) is 13.2 Å². The first-order valence-electron chi connectivity index (χ1n) is 7.30. The average Bonchev–Trinajstić information content (AvgIpc) is 2.28. The predicted octanol–water partition coefficient (Wildman–Crippen LogP) is 3.46. The quantitative estimate of drug-likeness (QED) is 0.769. The van der Waals surface area contributed by atoms with Gasteiger partial charge in [-0.05, 0) is 50.0 Å². The largest absolute Gasteiger partial charge is 0.381 e. The van der Waals surface area contributed by atoms with Crippen molar-refractivity contribution in [2.24, 2.45) is 17.8 Å². The summed E-state index contributed by atoms with van der Waals surface area (Å²) in [4.78, 5) is 0. The molecule has 0 radical (unpaired) electrons. The molecule has 1 rings (SSSR count). The topological polar surface area (TPSA) is 21.3 Å². The smallest absolute Gasteiger partial charge is 0.0586 e. The molecular weight excluding hydrogens is 210 g/mol. The van der Waals surface area contributed by atoms with Gasteiger partial charge in [0.1, 0.15) is 0 Å². The number of ether oxygens (including phenoxy) is 1. The van der Waals surface area contributed by atoms with Crippen molar-refractivity contribution < 1.29 is 4.74 Å². The van der Waals surface area contributed by atoms with Crippen LogP contribution in [0.2, 0.25) is 0 Å². The van der Waals surface area contributed by atoms with E-state index >= 15 is 0 Å². The van der Waals surface area contributed by atoms with E-state index in [-0.39, 0.29) is 0 Å². The first-order valence-corrected chi connectivity index (χ1v) is 7.30. The minimum atomic E-state index is 0.484. The van der Waals surface area contributed by atoms with E-state index in [1.165, 1.54) is 25.7 Å². The van der Waals surface area contributed by atoms with E-state index in [0.717, 1.165) is 24.3 Å². The summed E-state index contributed by atoms with van der Waals surface area (Å²) >= 11 is 0. The van der Waals surface area contributed by atoms with Gasteiger partial charge in [-0.15, -0.1) is 0 Å². The first-order chi connectivity index (χ1) is 8.04. The zero-order chi connectivity index (χ0) is 12.8. The van der Waals surface area contributed by atoms with Crippen LogP contribution in [-0.4, -0.2) is 25.8 Å². The highest BCUT2D eigenvalue weighted by atomic mass is 16.5. The molecule has 102 valence electrons. The molecule has 2 nitrogen and oxygen atoms in total. The molecule has 0 aromatic carbocycles. The monoisotopic (exact) mass is 241 g/mol. The maximum absolute atomic E-state index is 5.48.